The van der Waals surface area contributed by atoms with Crippen LogP contribution in [0.2, 0.25) is 0 Å². The van der Waals surface area contributed by atoms with Crippen LogP contribution >= 0.6 is 0 Å². The van der Waals surface area contributed by atoms with E-state index in [4.69, 9.17) is 0 Å². The van der Waals surface area contributed by atoms with Crippen LogP contribution in [0.5, 0.6) is 0 Å². The maximum atomic E-state index is 2.19. The highest BCUT2D eigenvalue weighted by atomic mass is 14.1. The summed E-state index contributed by atoms with van der Waals surface area (Å²) in [7, 11) is 0. The monoisotopic (exact) mass is 85.1 g/mol. The lowest BCUT2D eigenvalue weighted by molar-refractivity contribution is 0.496. The molecule has 0 aliphatic heterocycles. The van der Waals surface area contributed by atoms with Gasteiger partial charge in [0.25, 0.3) is 0 Å². The molecule has 0 atom stereocenters. The van der Waals surface area contributed by atoms with Gasteiger partial charge < -0.3 is 6.42 Å². The van der Waals surface area contributed by atoms with Gasteiger partial charge in [-0.15, -0.1) is 0 Å². The average Bonchev–Trinajstić information content (AvgIpc) is 1.35. The zero-order valence-corrected chi connectivity index (χ0v) is 5.08. The zero-order chi connectivity index (χ0) is 5.21. The largest absolute Gasteiger partial charge is 0.326 e. The standard InChI is InChI=1S/C6H13/c1-5-6(2,3)4/h5H,1-4H3/q-1. The first-order chi connectivity index (χ1) is 2.56. The van der Waals surface area contributed by atoms with Crippen molar-refractivity contribution in [2.24, 2.45) is 5.41 Å². The van der Waals surface area contributed by atoms with Crippen LogP contribution in [0.1, 0.15) is 27.7 Å². The second-order valence-corrected chi connectivity index (χ2v) is 2.65. The topological polar surface area (TPSA) is 0 Å². The van der Waals surface area contributed by atoms with Crippen LogP contribution in [-0.2, 0) is 0 Å². The molecule has 0 saturated heterocycles. The fourth-order valence-electron chi connectivity index (χ4n) is 0. The Kier molecular flexibility index (Phi) is 1.63. The van der Waals surface area contributed by atoms with Gasteiger partial charge in [0.1, 0.15) is 0 Å². The lowest BCUT2D eigenvalue weighted by Gasteiger charge is -2.25. The molecule has 0 amide bonds. The van der Waals surface area contributed by atoms with Crippen LogP contribution in [0.15, 0.2) is 0 Å². The molecule has 0 aliphatic carbocycles. The number of hydrogen-bond donors (Lipinski definition) is 0. The minimum absolute atomic E-state index is 0.417. The van der Waals surface area contributed by atoms with Gasteiger partial charge in [-0.25, -0.2) is 0 Å². The number of hydrogen-bond acceptors (Lipinski definition) is 0. The van der Waals surface area contributed by atoms with Crippen molar-refractivity contribution in [3.05, 3.63) is 6.42 Å². The first kappa shape index (κ1) is 6.00. The van der Waals surface area contributed by atoms with E-state index >= 15 is 0 Å². The molecule has 0 aliphatic rings. The Morgan fingerprint density at radius 3 is 1.33 bits per heavy atom. The molecule has 0 aromatic rings. The Hall–Kier alpha value is 0. The van der Waals surface area contributed by atoms with E-state index in [2.05, 4.69) is 34.1 Å². The molecule has 0 aromatic heterocycles. The molecule has 0 radical (unpaired) electrons. The molecular weight excluding hydrogens is 72.1 g/mol. The lowest BCUT2D eigenvalue weighted by Crippen LogP contribution is -2.01. The minimum Gasteiger partial charge on any atom is -0.326 e. The maximum absolute atomic E-state index is 2.19. The third-order valence-electron chi connectivity index (χ3n) is 0.866. The predicted octanol–water partition coefficient (Wildman–Crippen LogP) is 2.26. The minimum atomic E-state index is 0.417. The van der Waals surface area contributed by atoms with Crippen molar-refractivity contribution in [3.8, 4) is 0 Å². The third-order valence-corrected chi connectivity index (χ3v) is 0.866. The molecule has 6 heavy (non-hydrogen) atoms. The molecule has 0 unspecified atom stereocenters. The fraction of sp³-hybridized carbons (Fsp3) is 0.833. The van der Waals surface area contributed by atoms with Crippen LogP contribution in [0.25, 0.3) is 0 Å². The molecule has 0 heterocycles. The molecule has 0 fully saturated rings. The molecule has 0 spiro atoms. The molecule has 0 N–H and O–H groups in total. The Labute approximate surface area is 40.6 Å². The average molecular weight is 85.2 g/mol. The normalized spacial score (nSPS) is 12.0. The maximum Gasteiger partial charge on any atom is -0.0876 e. The lowest BCUT2D eigenvalue weighted by atomic mass is 9.94. The third kappa shape index (κ3) is 4.00. The van der Waals surface area contributed by atoms with Gasteiger partial charge in [0.2, 0.25) is 0 Å². The highest BCUT2D eigenvalue weighted by molar-refractivity contribution is 4.74. The molecule has 38 valence electrons. The summed E-state index contributed by atoms with van der Waals surface area (Å²) in [5.74, 6) is 0. The van der Waals surface area contributed by atoms with E-state index in [0.717, 1.165) is 0 Å². The molecule has 0 rings (SSSR count). The van der Waals surface area contributed by atoms with Crippen molar-refractivity contribution >= 4 is 0 Å². The van der Waals surface area contributed by atoms with Gasteiger partial charge in [-0.3, -0.25) is 0 Å². The van der Waals surface area contributed by atoms with Crippen molar-refractivity contribution < 1.29 is 0 Å². The Balaban J connectivity index is 3.17. The number of rotatable bonds is 0. The van der Waals surface area contributed by atoms with E-state index in [1.54, 1.807) is 0 Å². The quantitative estimate of drug-likeness (QED) is 0.396. The Bertz CT molecular complexity index is 29.8. The van der Waals surface area contributed by atoms with Gasteiger partial charge in [-0.05, 0) is 0 Å². The van der Waals surface area contributed by atoms with Crippen LogP contribution in [0.4, 0.5) is 0 Å². The summed E-state index contributed by atoms with van der Waals surface area (Å²) < 4.78 is 0. The van der Waals surface area contributed by atoms with Gasteiger partial charge in [-0.1, -0.05) is 20.8 Å². The second kappa shape index (κ2) is 1.63. The summed E-state index contributed by atoms with van der Waals surface area (Å²) >= 11 is 0. The highest BCUT2D eigenvalue weighted by Gasteiger charge is 1.91. The fourth-order valence-corrected chi connectivity index (χ4v) is 0. The van der Waals surface area contributed by atoms with Gasteiger partial charge in [0.05, 0.1) is 0 Å². The molecule has 0 heteroatoms. The Morgan fingerprint density at radius 1 is 1.17 bits per heavy atom. The smallest absolute Gasteiger partial charge is 0.0876 e. The van der Waals surface area contributed by atoms with Crippen molar-refractivity contribution in [2.45, 2.75) is 27.7 Å². The van der Waals surface area contributed by atoms with Crippen molar-refractivity contribution in [2.75, 3.05) is 0 Å². The van der Waals surface area contributed by atoms with Gasteiger partial charge in [0.15, 0.2) is 0 Å². The second-order valence-electron chi connectivity index (χ2n) is 2.65. The van der Waals surface area contributed by atoms with E-state index in [1.165, 1.54) is 0 Å². The highest BCUT2D eigenvalue weighted by Crippen LogP contribution is 2.14. The van der Waals surface area contributed by atoms with Crippen molar-refractivity contribution in [1.29, 1.82) is 0 Å². The first-order valence-corrected chi connectivity index (χ1v) is 2.37. The molecule has 0 aromatic carbocycles. The SMILES string of the molecule is C[CH-]C(C)(C)C. The first-order valence-electron chi connectivity index (χ1n) is 2.37. The summed E-state index contributed by atoms with van der Waals surface area (Å²) in [4.78, 5) is 0. The molecule has 0 bridgehead atoms. The van der Waals surface area contributed by atoms with Gasteiger partial charge in [-0.2, -0.15) is 12.3 Å². The van der Waals surface area contributed by atoms with Crippen LogP contribution in [-0.4, -0.2) is 0 Å². The van der Waals surface area contributed by atoms with E-state index < -0.39 is 0 Å². The molecule has 0 saturated carbocycles. The van der Waals surface area contributed by atoms with E-state index in [-0.39, 0.29) is 0 Å². The molecule has 0 nitrogen and oxygen atoms in total. The van der Waals surface area contributed by atoms with Crippen molar-refractivity contribution in [1.82, 2.24) is 0 Å². The van der Waals surface area contributed by atoms with Gasteiger partial charge >= 0.3 is 0 Å². The van der Waals surface area contributed by atoms with Crippen LogP contribution in [0, 0.1) is 11.8 Å². The predicted molar refractivity (Wildman–Crippen MR) is 29.4 cm³/mol. The summed E-state index contributed by atoms with van der Waals surface area (Å²) in [5.41, 5.74) is 0.417. The van der Waals surface area contributed by atoms with E-state index in [9.17, 15) is 0 Å². The summed E-state index contributed by atoms with van der Waals surface area (Å²) in [6.45, 7) is 8.65. The van der Waals surface area contributed by atoms with E-state index in [0.29, 0.717) is 5.41 Å². The zero-order valence-electron chi connectivity index (χ0n) is 5.08. The summed E-state index contributed by atoms with van der Waals surface area (Å²) in [6.07, 6.45) is 2.19. The Morgan fingerprint density at radius 2 is 1.33 bits per heavy atom. The summed E-state index contributed by atoms with van der Waals surface area (Å²) in [6, 6.07) is 0. The summed E-state index contributed by atoms with van der Waals surface area (Å²) in [5, 5.41) is 0. The molecular formula is C6H13-. The van der Waals surface area contributed by atoms with Crippen LogP contribution in [0.3, 0.4) is 0 Å². The van der Waals surface area contributed by atoms with Gasteiger partial charge in [0, 0.05) is 0 Å². The van der Waals surface area contributed by atoms with Crippen LogP contribution < -0.4 is 0 Å². The van der Waals surface area contributed by atoms with Crippen molar-refractivity contribution in [3.63, 3.8) is 0 Å². The van der Waals surface area contributed by atoms with E-state index in [1.807, 2.05) is 0 Å².